The van der Waals surface area contributed by atoms with E-state index in [2.05, 4.69) is 10.6 Å². The smallest absolute Gasteiger partial charge is 0.244 e. The van der Waals surface area contributed by atoms with E-state index in [4.69, 9.17) is 9.47 Å². The Morgan fingerprint density at radius 3 is 2.96 bits per heavy atom. The molecule has 2 aliphatic rings. The molecule has 1 aromatic rings. The fourth-order valence-corrected chi connectivity index (χ4v) is 3.43. The minimum absolute atomic E-state index is 0.0486. The molecule has 1 aromatic carbocycles. The van der Waals surface area contributed by atoms with E-state index in [0.717, 1.165) is 11.3 Å². The van der Waals surface area contributed by atoms with Crippen molar-refractivity contribution in [1.82, 2.24) is 5.32 Å². The highest BCUT2D eigenvalue weighted by Crippen LogP contribution is 2.22. The number of benzene rings is 1. The number of hydrogen-bond donors (Lipinski definition) is 2. The molecular formula is C19H28N2O3. The summed E-state index contributed by atoms with van der Waals surface area (Å²) < 4.78 is 11.6. The molecule has 0 aromatic heterocycles. The van der Waals surface area contributed by atoms with Gasteiger partial charge in [-0.15, -0.1) is 0 Å². The Morgan fingerprint density at radius 1 is 1.33 bits per heavy atom. The van der Waals surface area contributed by atoms with Crippen molar-refractivity contribution in [3.05, 3.63) is 29.8 Å². The Labute approximate surface area is 144 Å². The van der Waals surface area contributed by atoms with Gasteiger partial charge in [-0.2, -0.15) is 0 Å². The Hall–Kier alpha value is -1.43. The molecule has 3 rings (SSSR count). The van der Waals surface area contributed by atoms with Crippen LogP contribution < -0.4 is 10.6 Å². The topological polar surface area (TPSA) is 59.6 Å². The van der Waals surface area contributed by atoms with E-state index in [0.29, 0.717) is 25.9 Å². The summed E-state index contributed by atoms with van der Waals surface area (Å²) >= 11 is 0. The van der Waals surface area contributed by atoms with Crippen molar-refractivity contribution in [2.45, 2.75) is 63.9 Å². The third-order valence-corrected chi connectivity index (χ3v) is 4.83. The van der Waals surface area contributed by atoms with Crippen LogP contribution in [-0.2, 0) is 20.9 Å². The van der Waals surface area contributed by atoms with Crippen molar-refractivity contribution in [3.8, 4) is 0 Å². The van der Waals surface area contributed by atoms with Crippen LogP contribution in [0.25, 0.3) is 0 Å². The van der Waals surface area contributed by atoms with E-state index in [1.54, 1.807) is 0 Å². The van der Waals surface area contributed by atoms with Crippen molar-refractivity contribution in [1.29, 1.82) is 0 Å². The maximum Gasteiger partial charge on any atom is 0.244 e. The monoisotopic (exact) mass is 332 g/mol. The molecule has 1 heterocycles. The minimum Gasteiger partial charge on any atom is -0.375 e. The average molecular weight is 332 g/mol. The first-order valence-electron chi connectivity index (χ1n) is 9.09. The molecule has 1 amide bonds. The van der Waals surface area contributed by atoms with Gasteiger partial charge < -0.3 is 20.1 Å². The third kappa shape index (κ3) is 4.79. The van der Waals surface area contributed by atoms with Crippen LogP contribution in [0.3, 0.4) is 0 Å². The van der Waals surface area contributed by atoms with E-state index in [9.17, 15) is 4.79 Å². The van der Waals surface area contributed by atoms with Crippen LogP contribution >= 0.6 is 0 Å². The Kier molecular flexibility index (Phi) is 6.24. The lowest BCUT2D eigenvalue weighted by atomic mass is 9.98. The zero-order valence-corrected chi connectivity index (χ0v) is 14.4. The van der Waals surface area contributed by atoms with Crippen LogP contribution in [0.15, 0.2) is 24.3 Å². The molecule has 5 heteroatoms. The van der Waals surface area contributed by atoms with Crippen molar-refractivity contribution < 1.29 is 14.3 Å². The Morgan fingerprint density at radius 2 is 2.17 bits per heavy atom. The molecule has 24 heavy (non-hydrogen) atoms. The standard InChI is InChI=1S/C19H28N2O3/c1-14-18(20-10-11-23-14)19(22)21-16-7-5-6-15(12-16)13-24-17-8-3-2-4-9-17/h5-7,12,14,17-18,20H,2-4,8-11,13H2,1H3,(H,21,22)/t14-,18+/m1/s1. The maximum absolute atomic E-state index is 12.4. The van der Waals surface area contributed by atoms with E-state index in [-0.39, 0.29) is 18.1 Å². The normalized spacial score (nSPS) is 25.4. The second kappa shape index (κ2) is 8.60. The van der Waals surface area contributed by atoms with E-state index in [1.807, 2.05) is 31.2 Å². The molecule has 1 saturated carbocycles. The summed E-state index contributed by atoms with van der Waals surface area (Å²) in [5, 5.41) is 6.19. The molecule has 0 spiro atoms. The average Bonchev–Trinajstić information content (AvgIpc) is 2.61. The number of nitrogens with one attached hydrogen (secondary N) is 2. The van der Waals surface area contributed by atoms with E-state index >= 15 is 0 Å². The number of anilines is 1. The van der Waals surface area contributed by atoms with Crippen LogP contribution in [0.5, 0.6) is 0 Å². The molecule has 5 nitrogen and oxygen atoms in total. The van der Waals surface area contributed by atoms with E-state index < -0.39 is 0 Å². The van der Waals surface area contributed by atoms with Gasteiger partial charge in [0.05, 0.1) is 25.4 Å². The Balaban J connectivity index is 1.53. The summed E-state index contributed by atoms with van der Waals surface area (Å²) in [4.78, 5) is 12.4. The van der Waals surface area contributed by atoms with Gasteiger partial charge in [0.2, 0.25) is 5.91 Å². The molecule has 1 saturated heterocycles. The second-order valence-corrected chi connectivity index (χ2v) is 6.77. The maximum atomic E-state index is 12.4. The second-order valence-electron chi connectivity index (χ2n) is 6.77. The van der Waals surface area contributed by atoms with Gasteiger partial charge in [-0.25, -0.2) is 0 Å². The molecule has 2 N–H and O–H groups in total. The van der Waals surface area contributed by atoms with Crippen LogP contribution in [0.1, 0.15) is 44.6 Å². The molecule has 2 fully saturated rings. The predicted molar refractivity (Wildman–Crippen MR) is 93.9 cm³/mol. The number of ether oxygens (including phenoxy) is 2. The van der Waals surface area contributed by atoms with Crippen molar-refractivity contribution >= 4 is 11.6 Å². The first-order valence-corrected chi connectivity index (χ1v) is 9.09. The largest absolute Gasteiger partial charge is 0.375 e. The summed E-state index contributed by atoms with van der Waals surface area (Å²) in [6.07, 6.45) is 6.49. The highest BCUT2D eigenvalue weighted by molar-refractivity contribution is 5.95. The molecule has 1 aliphatic heterocycles. The fourth-order valence-electron chi connectivity index (χ4n) is 3.43. The number of morpholine rings is 1. The van der Waals surface area contributed by atoms with E-state index in [1.165, 1.54) is 32.1 Å². The summed E-state index contributed by atoms with van der Waals surface area (Å²) in [5.41, 5.74) is 1.91. The SMILES string of the molecule is C[C@H]1OCCN[C@@H]1C(=O)Nc1cccc(COC2CCCCC2)c1. The lowest BCUT2D eigenvalue weighted by Gasteiger charge is -2.29. The molecular weight excluding hydrogens is 304 g/mol. The number of carbonyl (C=O) groups excluding carboxylic acids is 1. The highest BCUT2D eigenvalue weighted by Gasteiger charge is 2.28. The first kappa shape index (κ1) is 17.4. The molecule has 0 bridgehead atoms. The zero-order valence-electron chi connectivity index (χ0n) is 14.4. The van der Waals surface area contributed by atoms with Gasteiger partial charge in [-0.05, 0) is 37.5 Å². The number of amides is 1. The van der Waals surface area contributed by atoms with Gasteiger partial charge in [-0.1, -0.05) is 31.4 Å². The van der Waals surface area contributed by atoms with Crippen LogP contribution in [0, 0.1) is 0 Å². The summed E-state index contributed by atoms with van der Waals surface area (Å²) in [7, 11) is 0. The van der Waals surface area contributed by atoms with Crippen LogP contribution in [0.2, 0.25) is 0 Å². The summed E-state index contributed by atoms with van der Waals surface area (Å²) in [5.74, 6) is -0.0486. The van der Waals surface area contributed by atoms with Crippen molar-refractivity contribution in [3.63, 3.8) is 0 Å². The van der Waals surface area contributed by atoms with Gasteiger partial charge in [-0.3, -0.25) is 4.79 Å². The van der Waals surface area contributed by atoms with Crippen LogP contribution in [-0.4, -0.2) is 37.3 Å². The highest BCUT2D eigenvalue weighted by atomic mass is 16.5. The van der Waals surface area contributed by atoms with Crippen molar-refractivity contribution in [2.75, 3.05) is 18.5 Å². The molecule has 0 unspecified atom stereocenters. The van der Waals surface area contributed by atoms with Gasteiger partial charge in [0.15, 0.2) is 0 Å². The van der Waals surface area contributed by atoms with Gasteiger partial charge in [0.25, 0.3) is 0 Å². The van der Waals surface area contributed by atoms with Gasteiger partial charge in [0, 0.05) is 12.2 Å². The number of rotatable bonds is 5. The van der Waals surface area contributed by atoms with Gasteiger partial charge >= 0.3 is 0 Å². The first-order chi connectivity index (χ1) is 11.7. The van der Waals surface area contributed by atoms with Gasteiger partial charge in [0.1, 0.15) is 6.04 Å². The molecule has 0 radical (unpaired) electrons. The lowest BCUT2D eigenvalue weighted by molar-refractivity contribution is -0.123. The van der Waals surface area contributed by atoms with Crippen LogP contribution in [0.4, 0.5) is 5.69 Å². The number of carbonyl (C=O) groups is 1. The Bertz CT molecular complexity index is 543. The minimum atomic E-state index is -0.305. The fraction of sp³-hybridized carbons (Fsp3) is 0.632. The molecule has 132 valence electrons. The summed E-state index contributed by atoms with van der Waals surface area (Å²) in [6, 6.07) is 7.61. The summed E-state index contributed by atoms with van der Waals surface area (Å²) in [6.45, 7) is 3.89. The van der Waals surface area contributed by atoms with Crippen molar-refractivity contribution in [2.24, 2.45) is 0 Å². The quantitative estimate of drug-likeness (QED) is 0.870. The number of hydrogen-bond acceptors (Lipinski definition) is 4. The zero-order chi connectivity index (χ0) is 16.8. The third-order valence-electron chi connectivity index (χ3n) is 4.83. The predicted octanol–water partition coefficient (Wildman–Crippen LogP) is 2.85. The molecule has 1 aliphatic carbocycles. The lowest BCUT2D eigenvalue weighted by Crippen LogP contribution is -2.53. The molecule has 2 atom stereocenters.